The van der Waals surface area contributed by atoms with Gasteiger partial charge < -0.3 is 0 Å². The monoisotopic (exact) mass is 255 g/mol. The first-order chi connectivity index (χ1) is 6.31. The van der Waals surface area contributed by atoms with E-state index in [0.29, 0.717) is 0 Å². The Morgan fingerprint density at radius 1 is 1.14 bits per heavy atom. The highest BCUT2D eigenvalue weighted by molar-refractivity contribution is 8.62. The molecule has 0 saturated carbocycles. The lowest BCUT2D eigenvalue weighted by molar-refractivity contribution is 0.502. The lowest BCUT2D eigenvalue weighted by Crippen LogP contribution is -2.23. The van der Waals surface area contributed by atoms with Gasteiger partial charge in [-0.3, -0.25) is 9.11 Å². The van der Waals surface area contributed by atoms with Crippen LogP contribution < -0.4 is 4.13 Å². The number of hydrogen-bond donors (Lipinski definition) is 3. The fourth-order valence-corrected chi connectivity index (χ4v) is 4.14. The summed E-state index contributed by atoms with van der Waals surface area (Å²) in [5.41, 5.74) is 0. The van der Waals surface area contributed by atoms with Gasteiger partial charge in [-0.25, -0.2) is 8.42 Å². The second-order valence-corrected chi connectivity index (χ2v) is 7.80. The van der Waals surface area contributed by atoms with Gasteiger partial charge in [-0.15, -0.1) is 14.5 Å². The molecule has 0 spiro atoms. The molecule has 8 heteroatoms. The first kappa shape index (κ1) is 11.9. The van der Waals surface area contributed by atoms with Crippen molar-refractivity contribution in [2.45, 2.75) is 4.90 Å². The van der Waals surface area contributed by atoms with E-state index >= 15 is 0 Å². The Hall–Kier alpha value is -0.170. The van der Waals surface area contributed by atoms with E-state index in [1.54, 1.807) is 30.8 Å². The summed E-state index contributed by atoms with van der Waals surface area (Å²) < 4.78 is 42.4. The zero-order chi connectivity index (χ0) is 10.8. The van der Waals surface area contributed by atoms with Gasteiger partial charge in [-0.05, 0) is 12.1 Å². The van der Waals surface area contributed by atoms with Gasteiger partial charge in [0.2, 0.25) is 0 Å². The standard InChI is InChI=1S/C6H10NO4PS2/c8-13(9,7-14(10,11)12)6-4-2-1-3-5-6/h1-5,7,10-11H,12H2. The van der Waals surface area contributed by atoms with E-state index in [2.05, 4.69) is 0 Å². The minimum absolute atomic E-state index is 0.0116. The van der Waals surface area contributed by atoms with Crippen LogP contribution in [0, 0.1) is 0 Å². The molecular weight excluding hydrogens is 245 g/mol. The van der Waals surface area contributed by atoms with E-state index < -0.39 is 20.4 Å². The van der Waals surface area contributed by atoms with Crippen LogP contribution in [0.1, 0.15) is 0 Å². The van der Waals surface area contributed by atoms with Crippen LogP contribution in [-0.4, -0.2) is 17.5 Å². The predicted octanol–water partition coefficient (Wildman–Crippen LogP) is 1.42. The normalized spacial score (nSPS) is 13.9. The molecular formula is C6H10NO4PS2. The first-order valence-electron chi connectivity index (χ1n) is 3.46. The molecule has 0 fully saturated rings. The van der Waals surface area contributed by atoms with Crippen molar-refractivity contribution in [2.24, 2.45) is 0 Å². The fraction of sp³-hybridized carbons (Fsp3) is 0. The topological polar surface area (TPSA) is 86.6 Å². The van der Waals surface area contributed by atoms with Crippen molar-refractivity contribution >= 4 is 28.9 Å². The molecule has 14 heavy (non-hydrogen) atoms. The molecule has 1 aromatic rings. The molecule has 5 nitrogen and oxygen atoms in total. The molecule has 1 atom stereocenters. The molecule has 0 aliphatic heterocycles. The summed E-state index contributed by atoms with van der Waals surface area (Å²) in [6.45, 7) is 0. The third kappa shape index (κ3) is 3.53. The summed E-state index contributed by atoms with van der Waals surface area (Å²) in [6.07, 6.45) is 0. The summed E-state index contributed by atoms with van der Waals surface area (Å²) in [5.74, 6) is 0. The maximum Gasteiger partial charge on any atom is 0.257 e. The van der Waals surface area contributed by atoms with Crippen LogP contribution >= 0.6 is 18.8 Å². The highest BCUT2D eigenvalue weighted by Crippen LogP contribution is 2.43. The van der Waals surface area contributed by atoms with Crippen molar-refractivity contribution in [3.8, 4) is 0 Å². The molecule has 80 valence electrons. The Kier molecular flexibility index (Phi) is 3.52. The second kappa shape index (κ2) is 4.14. The average Bonchev–Trinajstić information content (AvgIpc) is 2.01. The Morgan fingerprint density at radius 3 is 2.07 bits per heavy atom. The van der Waals surface area contributed by atoms with Gasteiger partial charge in [0, 0.05) is 8.44 Å². The zero-order valence-electron chi connectivity index (χ0n) is 6.99. The molecule has 3 N–H and O–H groups in total. The largest absolute Gasteiger partial charge is 0.282 e. The number of nitrogens with one attached hydrogen (secondary N) is 1. The van der Waals surface area contributed by atoms with Gasteiger partial charge in [0.05, 0.1) is 4.90 Å². The van der Waals surface area contributed by atoms with E-state index in [1.807, 2.05) is 0 Å². The SMILES string of the molecule is O=S(=O)(NS(O)(O)P)c1ccccc1. The summed E-state index contributed by atoms with van der Waals surface area (Å²) in [4.78, 5) is -0.0116. The number of benzene rings is 1. The molecule has 0 radical (unpaired) electrons. The van der Waals surface area contributed by atoms with Crippen LogP contribution in [0.25, 0.3) is 0 Å². The summed E-state index contributed by atoms with van der Waals surface area (Å²) in [5, 5.41) is 0. The van der Waals surface area contributed by atoms with Crippen LogP contribution in [-0.2, 0) is 10.0 Å². The summed E-state index contributed by atoms with van der Waals surface area (Å²) in [6, 6.07) is 7.47. The van der Waals surface area contributed by atoms with Crippen LogP contribution in [0.2, 0.25) is 0 Å². The van der Waals surface area contributed by atoms with Gasteiger partial charge >= 0.3 is 0 Å². The summed E-state index contributed by atoms with van der Waals surface area (Å²) >= 11 is 0. The molecule has 0 aromatic heterocycles. The van der Waals surface area contributed by atoms with Gasteiger partial charge in [-0.1, -0.05) is 18.2 Å². The van der Waals surface area contributed by atoms with Crippen molar-refractivity contribution < 1.29 is 17.5 Å². The van der Waals surface area contributed by atoms with E-state index in [1.165, 1.54) is 12.1 Å². The van der Waals surface area contributed by atoms with Crippen LogP contribution in [0.3, 0.4) is 0 Å². The molecule has 1 unspecified atom stereocenters. The minimum Gasteiger partial charge on any atom is -0.282 e. The van der Waals surface area contributed by atoms with Crippen LogP contribution in [0.5, 0.6) is 0 Å². The van der Waals surface area contributed by atoms with Crippen molar-refractivity contribution in [1.82, 2.24) is 4.13 Å². The van der Waals surface area contributed by atoms with Gasteiger partial charge in [0.15, 0.2) is 0 Å². The smallest absolute Gasteiger partial charge is 0.257 e. The molecule has 0 heterocycles. The minimum atomic E-state index is -3.85. The average molecular weight is 255 g/mol. The van der Waals surface area contributed by atoms with E-state index in [9.17, 15) is 8.42 Å². The lowest BCUT2D eigenvalue weighted by atomic mass is 10.4. The van der Waals surface area contributed by atoms with E-state index in [-0.39, 0.29) is 4.90 Å². The number of sulfonamides is 1. The quantitative estimate of drug-likeness (QED) is 0.713. The second-order valence-electron chi connectivity index (χ2n) is 2.49. The third-order valence-corrected chi connectivity index (χ3v) is 4.90. The summed E-state index contributed by atoms with van der Waals surface area (Å²) in [7, 11) is -5.57. The number of rotatable bonds is 3. The number of hydrogen-bond acceptors (Lipinski definition) is 4. The predicted molar refractivity (Wildman–Crippen MR) is 59.3 cm³/mol. The van der Waals surface area contributed by atoms with Crippen molar-refractivity contribution in [1.29, 1.82) is 0 Å². The highest BCUT2D eigenvalue weighted by Gasteiger charge is 2.18. The fourth-order valence-electron chi connectivity index (χ4n) is 0.809. The lowest BCUT2D eigenvalue weighted by Gasteiger charge is -2.26. The third-order valence-electron chi connectivity index (χ3n) is 1.29. The van der Waals surface area contributed by atoms with Crippen LogP contribution in [0.15, 0.2) is 35.2 Å². The highest BCUT2D eigenvalue weighted by atomic mass is 32.8. The van der Waals surface area contributed by atoms with Gasteiger partial charge in [0.25, 0.3) is 10.0 Å². The zero-order valence-corrected chi connectivity index (χ0v) is 9.78. The van der Waals surface area contributed by atoms with Gasteiger partial charge in [-0.2, -0.15) is 0 Å². The molecule has 0 saturated heterocycles. The van der Waals surface area contributed by atoms with Gasteiger partial charge in [0.1, 0.15) is 0 Å². The van der Waals surface area contributed by atoms with Crippen molar-refractivity contribution in [3.63, 3.8) is 0 Å². The molecule has 1 rings (SSSR count). The Morgan fingerprint density at radius 2 is 1.64 bits per heavy atom. The molecule has 0 amide bonds. The van der Waals surface area contributed by atoms with Crippen molar-refractivity contribution in [2.75, 3.05) is 0 Å². The molecule has 0 aliphatic carbocycles. The van der Waals surface area contributed by atoms with Crippen molar-refractivity contribution in [3.05, 3.63) is 30.3 Å². The molecule has 0 aliphatic rings. The Bertz CT molecular complexity index is 400. The van der Waals surface area contributed by atoms with Crippen LogP contribution in [0.4, 0.5) is 0 Å². The maximum atomic E-state index is 11.4. The Labute approximate surface area is 86.0 Å². The first-order valence-corrected chi connectivity index (χ1v) is 7.96. The van der Waals surface area contributed by atoms with E-state index in [0.717, 1.165) is 0 Å². The molecule has 1 aromatic carbocycles. The Balaban J connectivity index is 2.99. The maximum absolute atomic E-state index is 11.4. The molecule has 0 bridgehead atoms. The van der Waals surface area contributed by atoms with E-state index in [4.69, 9.17) is 9.11 Å².